The standard InChI is InChI=1S/C22H13Cl3N2O4/c1-11-5-6-12(9-17(11)24)27-21(29)15(20(28)26-22(27)30)10-13-7-8-18(31-13)14-3-2-4-16(23)19(14)25/h2-10H,1H3,(H,26,28,30)/b15-10+. The lowest BCUT2D eigenvalue weighted by molar-refractivity contribution is -0.122. The van der Waals surface area contributed by atoms with Gasteiger partial charge in [0.1, 0.15) is 17.1 Å². The van der Waals surface area contributed by atoms with E-state index in [1.165, 1.54) is 12.1 Å². The van der Waals surface area contributed by atoms with E-state index in [4.69, 9.17) is 39.2 Å². The Bertz CT molecular complexity index is 1280. The molecule has 9 heteroatoms. The van der Waals surface area contributed by atoms with Gasteiger partial charge in [-0.05, 0) is 55.0 Å². The molecule has 4 rings (SSSR count). The largest absolute Gasteiger partial charge is 0.457 e. The lowest BCUT2D eigenvalue weighted by Gasteiger charge is -2.26. The number of carbonyl (C=O) groups is 3. The minimum Gasteiger partial charge on any atom is -0.457 e. The van der Waals surface area contributed by atoms with Gasteiger partial charge in [0.25, 0.3) is 11.8 Å². The highest BCUT2D eigenvalue weighted by molar-refractivity contribution is 6.43. The zero-order valence-corrected chi connectivity index (χ0v) is 18.2. The van der Waals surface area contributed by atoms with E-state index in [1.54, 1.807) is 49.4 Å². The molecular weight excluding hydrogens is 463 g/mol. The van der Waals surface area contributed by atoms with Gasteiger partial charge in [0.15, 0.2) is 0 Å². The van der Waals surface area contributed by atoms with E-state index in [0.717, 1.165) is 10.5 Å². The fourth-order valence-corrected chi connectivity index (χ4v) is 3.59. The second kappa shape index (κ2) is 8.23. The SMILES string of the molecule is Cc1ccc(N2C(=O)NC(=O)/C(=C\c3ccc(-c4cccc(Cl)c4Cl)o3)C2=O)cc1Cl. The summed E-state index contributed by atoms with van der Waals surface area (Å²) in [6, 6.07) is 12.2. The summed E-state index contributed by atoms with van der Waals surface area (Å²) in [7, 11) is 0. The van der Waals surface area contributed by atoms with Crippen LogP contribution < -0.4 is 10.2 Å². The molecule has 31 heavy (non-hydrogen) atoms. The van der Waals surface area contributed by atoms with Crippen molar-refractivity contribution in [1.29, 1.82) is 0 Å². The number of hydrogen-bond donors (Lipinski definition) is 1. The maximum Gasteiger partial charge on any atom is 0.335 e. The van der Waals surface area contributed by atoms with Crippen molar-refractivity contribution in [3.8, 4) is 11.3 Å². The average molecular weight is 476 g/mol. The van der Waals surface area contributed by atoms with Gasteiger partial charge in [-0.15, -0.1) is 0 Å². The molecule has 1 aromatic heterocycles. The molecule has 1 saturated heterocycles. The maximum absolute atomic E-state index is 13.0. The molecule has 0 radical (unpaired) electrons. The quantitative estimate of drug-likeness (QED) is 0.379. The number of nitrogens with zero attached hydrogens (tertiary/aromatic N) is 1. The zero-order chi connectivity index (χ0) is 22.3. The molecule has 0 aliphatic carbocycles. The van der Waals surface area contributed by atoms with Gasteiger partial charge in [0.2, 0.25) is 0 Å². The topological polar surface area (TPSA) is 79.6 Å². The molecule has 1 fully saturated rings. The number of carbonyl (C=O) groups excluding carboxylic acids is 3. The normalized spacial score (nSPS) is 15.5. The van der Waals surface area contributed by atoms with Crippen LogP contribution in [0.2, 0.25) is 15.1 Å². The van der Waals surface area contributed by atoms with Crippen LogP contribution in [0.4, 0.5) is 10.5 Å². The summed E-state index contributed by atoms with van der Waals surface area (Å²) in [5, 5.41) is 3.22. The van der Waals surface area contributed by atoms with Crippen LogP contribution in [0.3, 0.4) is 0 Å². The Labute approximate surface area is 192 Å². The smallest absolute Gasteiger partial charge is 0.335 e. The molecule has 2 heterocycles. The van der Waals surface area contributed by atoms with Gasteiger partial charge in [-0.2, -0.15) is 0 Å². The van der Waals surface area contributed by atoms with Gasteiger partial charge in [0.05, 0.1) is 15.7 Å². The molecule has 156 valence electrons. The van der Waals surface area contributed by atoms with Crippen LogP contribution in [0.5, 0.6) is 0 Å². The Kier molecular flexibility index (Phi) is 5.62. The van der Waals surface area contributed by atoms with Gasteiger partial charge in [-0.3, -0.25) is 14.9 Å². The first kappa shape index (κ1) is 21.2. The number of urea groups is 1. The van der Waals surface area contributed by atoms with E-state index >= 15 is 0 Å². The highest BCUT2D eigenvalue weighted by atomic mass is 35.5. The van der Waals surface area contributed by atoms with Crippen LogP contribution in [-0.2, 0) is 9.59 Å². The molecule has 6 nitrogen and oxygen atoms in total. The predicted octanol–water partition coefficient (Wildman–Crippen LogP) is 5.88. The lowest BCUT2D eigenvalue weighted by atomic mass is 10.1. The van der Waals surface area contributed by atoms with E-state index < -0.39 is 17.8 Å². The molecule has 0 bridgehead atoms. The van der Waals surface area contributed by atoms with Crippen molar-refractivity contribution in [2.75, 3.05) is 4.90 Å². The van der Waals surface area contributed by atoms with E-state index in [1.807, 2.05) is 0 Å². The first-order valence-corrected chi connectivity index (χ1v) is 10.1. The van der Waals surface area contributed by atoms with Gasteiger partial charge >= 0.3 is 6.03 Å². The number of benzene rings is 2. The molecule has 0 spiro atoms. The van der Waals surface area contributed by atoms with Crippen LogP contribution in [-0.4, -0.2) is 17.8 Å². The van der Waals surface area contributed by atoms with Crippen LogP contribution in [0.15, 0.2) is 58.5 Å². The molecule has 4 amide bonds. The molecule has 0 saturated carbocycles. The molecule has 1 aliphatic heterocycles. The molecule has 0 unspecified atom stereocenters. The van der Waals surface area contributed by atoms with Crippen molar-refractivity contribution >= 4 is 64.4 Å². The van der Waals surface area contributed by atoms with Crippen molar-refractivity contribution in [2.45, 2.75) is 6.92 Å². The van der Waals surface area contributed by atoms with Crippen molar-refractivity contribution in [1.82, 2.24) is 5.32 Å². The Morgan fingerprint density at radius 1 is 0.968 bits per heavy atom. The number of barbiturate groups is 1. The molecule has 0 atom stereocenters. The lowest BCUT2D eigenvalue weighted by Crippen LogP contribution is -2.54. The monoisotopic (exact) mass is 474 g/mol. The van der Waals surface area contributed by atoms with Crippen molar-refractivity contribution in [2.24, 2.45) is 0 Å². The Morgan fingerprint density at radius 2 is 1.74 bits per heavy atom. The zero-order valence-electron chi connectivity index (χ0n) is 15.9. The third-order valence-electron chi connectivity index (χ3n) is 4.65. The number of furan rings is 1. The highest BCUT2D eigenvalue weighted by Crippen LogP contribution is 2.35. The number of imide groups is 2. The van der Waals surface area contributed by atoms with E-state index in [9.17, 15) is 14.4 Å². The first-order chi connectivity index (χ1) is 14.8. The van der Waals surface area contributed by atoms with Crippen LogP contribution in [0.25, 0.3) is 17.4 Å². The van der Waals surface area contributed by atoms with Gasteiger partial charge in [0, 0.05) is 10.6 Å². The van der Waals surface area contributed by atoms with Crippen LogP contribution in [0, 0.1) is 6.92 Å². The summed E-state index contributed by atoms with van der Waals surface area (Å²) in [6.07, 6.45) is 1.26. The van der Waals surface area contributed by atoms with E-state index in [0.29, 0.717) is 26.4 Å². The second-order valence-corrected chi connectivity index (χ2v) is 7.89. The summed E-state index contributed by atoms with van der Waals surface area (Å²) in [6.45, 7) is 1.79. The summed E-state index contributed by atoms with van der Waals surface area (Å²) in [5.41, 5.74) is 1.31. The Hall–Kier alpha value is -3.06. The van der Waals surface area contributed by atoms with Crippen LogP contribution >= 0.6 is 34.8 Å². The fraction of sp³-hybridized carbons (Fsp3) is 0.0455. The third-order valence-corrected chi connectivity index (χ3v) is 5.87. The molecular formula is C22H13Cl3N2O4. The molecule has 2 aromatic carbocycles. The second-order valence-electron chi connectivity index (χ2n) is 6.69. The summed E-state index contributed by atoms with van der Waals surface area (Å²) >= 11 is 18.4. The van der Waals surface area contributed by atoms with Gasteiger partial charge in [-0.25, -0.2) is 9.69 Å². The molecule has 1 aliphatic rings. The van der Waals surface area contributed by atoms with Gasteiger partial charge < -0.3 is 4.42 Å². The number of rotatable bonds is 3. The number of hydrogen-bond acceptors (Lipinski definition) is 4. The van der Waals surface area contributed by atoms with Crippen molar-refractivity contribution in [3.63, 3.8) is 0 Å². The van der Waals surface area contributed by atoms with E-state index in [2.05, 4.69) is 5.32 Å². The Balaban J connectivity index is 1.70. The Morgan fingerprint density at radius 3 is 2.48 bits per heavy atom. The number of aryl methyl sites for hydroxylation is 1. The predicted molar refractivity (Wildman–Crippen MR) is 119 cm³/mol. The maximum atomic E-state index is 13.0. The van der Waals surface area contributed by atoms with Crippen molar-refractivity contribution in [3.05, 3.63) is 80.5 Å². The number of anilines is 1. The summed E-state index contributed by atoms with van der Waals surface area (Å²) in [4.78, 5) is 38.5. The molecule has 1 N–H and O–H groups in total. The number of halogens is 3. The summed E-state index contributed by atoms with van der Waals surface area (Å²) in [5.74, 6) is -1.00. The third kappa shape index (κ3) is 3.97. The molecule has 3 aromatic rings. The summed E-state index contributed by atoms with van der Waals surface area (Å²) < 4.78 is 5.73. The highest BCUT2D eigenvalue weighted by Gasteiger charge is 2.37. The van der Waals surface area contributed by atoms with Gasteiger partial charge in [-0.1, -0.05) is 46.9 Å². The van der Waals surface area contributed by atoms with Crippen molar-refractivity contribution < 1.29 is 18.8 Å². The van der Waals surface area contributed by atoms with Crippen LogP contribution in [0.1, 0.15) is 11.3 Å². The number of amides is 4. The fourth-order valence-electron chi connectivity index (χ4n) is 3.02. The van der Waals surface area contributed by atoms with E-state index in [-0.39, 0.29) is 17.0 Å². The first-order valence-electron chi connectivity index (χ1n) is 8.98. The minimum atomic E-state index is -0.863. The number of nitrogens with one attached hydrogen (secondary N) is 1. The minimum absolute atomic E-state index is 0.223. The average Bonchev–Trinajstić information content (AvgIpc) is 3.18.